The lowest BCUT2D eigenvalue weighted by molar-refractivity contribution is 0.0697. The topological polar surface area (TPSA) is 114 Å². The number of carboxylic acid groups (broad SMARTS) is 1. The van der Waals surface area contributed by atoms with Crippen molar-refractivity contribution in [3.63, 3.8) is 0 Å². The predicted octanol–water partition coefficient (Wildman–Crippen LogP) is 3.63. The Labute approximate surface area is 166 Å². The first-order valence-corrected chi connectivity index (χ1v) is 9.38. The lowest BCUT2D eigenvalue weighted by Gasteiger charge is -2.35. The highest BCUT2D eigenvalue weighted by molar-refractivity contribution is 5.88. The first-order valence-electron chi connectivity index (χ1n) is 9.38. The Morgan fingerprint density at radius 2 is 1.93 bits per heavy atom. The zero-order valence-corrected chi connectivity index (χ0v) is 15.9. The molecule has 29 heavy (non-hydrogen) atoms. The number of hydrogen-bond donors (Lipinski definition) is 1. The highest BCUT2D eigenvalue weighted by Gasteiger charge is 2.47. The van der Waals surface area contributed by atoms with Gasteiger partial charge in [-0.2, -0.15) is 4.68 Å². The van der Waals surface area contributed by atoms with Crippen LogP contribution >= 0.6 is 0 Å². The van der Waals surface area contributed by atoms with Gasteiger partial charge in [-0.05, 0) is 60.0 Å². The summed E-state index contributed by atoms with van der Waals surface area (Å²) in [4.78, 5) is 23.4. The third-order valence-electron chi connectivity index (χ3n) is 5.48. The molecule has 0 amide bonds. The lowest BCUT2D eigenvalue weighted by atomic mass is 9.94. The summed E-state index contributed by atoms with van der Waals surface area (Å²) in [5.41, 5.74) is 1.45. The molecule has 1 N–H and O–H groups in total. The summed E-state index contributed by atoms with van der Waals surface area (Å²) in [5.74, 6) is -0.549. The molecule has 0 aliphatic heterocycles. The smallest absolute Gasteiger partial charge is 0.335 e. The fraction of sp³-hybridized carbons (Fsp3) is 0.300. The second-order valence-electron chi connectivity index (χ2n) is 7.19. The van der Waals surface area contributed by atoms with Crippen molar-refractivity contribution in [2.75, 3.05) is 5.01 Å². The van der Waals surface area contributed by atoms with Gasteiger partial charge in [0.2, 0.25) is 0 Å². The lowest BCUT2D eigenvalue weighted by Crippen LogP contribution is -2.43. The van der Waals surface area contributed by atoms with Crippen LogP contribution in [0.1, 0.15) is 47.4 Å². The van der Waals surface area contributed by atoms with E-state index in [0.717, 1.165) is 24.1 Å². The molecule has 4 rings (SSSR count). The van der Waals surface area contributed by atoms with Crippen molar-refractivity contribution in [2.24, 2.45) is 5.29 Å². The largest absolute Gasteiger partial charge is 0.478 e. The average molecular weight is 392 g/mol. The van der Waals surface area contributed by atoms with Crippen LogP contribution in [0.25, 0.3) is 5.69 Å². The van der Waals surface area contributed by atoms with Gasteiger partial charge in [0.05, 0.1) is 22.2 Å². The third-order valence-corrected chi connectivity index (χ3v) is 5.48. The molecular formula is C20H20N6O3. The molecule has 0 radical (unpaired) electrons. The van der Waals surface area contributed by atoms with E-state index in [2.05, 4.69) is 20.8 Å². The standard InChI is InChI=1S/C20H20N6O3/c1-14-7-2-3-10-17(14)25-19(21-22-23-25)20(11-4-5-12-20)26(24-29)16-9-6-8-15(13-16)18(27)28/h2-3,6-10,13H,4-5,11-12H2,1H3,(H,27,28). The minimum atomic E-state index is -1.07. The first kappa shape index (κ1) is 18.7. The zero-order chi connectivity index (χ0) is 20.4. The molecule has 3 aromatic rings. The molecule has 1 fully saturated rings. The minimum absolute atomic E-state index is 0.0859. The fourth-order valence-corrected chi connectivity index (χ4v) is 4.07. The van der Waals surface area contributed by atoms with Crippen LogP contribution in [0.3, 0.4) is 0 Å². The molecule has 0 atom stereocenters. The van der Waals surface area contributed by atoms with Crippen LogP contribution in [-0.4, -0.2) is 31.3 Å². The molecule has 9 heteroatoms. The van der Waals surface area contributed by atoms with Gasteiger partial charge in [0.15, 0.2) is 5.82 Å². The number of carboxylic acids is 1. The van der Waals surface area contributed by atoms with Crippen molar-refractivity contribution in [1.29, 1.82) is 0 Å². The van der Waals surface area contributed by atoms with E-state index in [1.54, 1.807) is 16.8 Å². The van der Waals surface area contributed by atoms with Gasteiger partial charge >= 0.3 is 5.97 Å². The Morgan fingerprint density at radius 1 is 1.17 bits per heavy atom. The molecule has 0 bridgehead atoms. The van der Waals surface area contributed by atoms with Gasteiger partial charge in [-0.15, -0.1) is 10.0 Å². The number of carbonyl (C=O) groups is 1. The van der Waals surface area contributed by atoms with Crippen molar-refractivity contribution in [3.05, 3.63) is 70.4 Å². The number of aromatic nitrogens is 4. The first-order chi connectivity index (χ1) is 14.1. The van der Waals surface area contributed by atoms with Crippen LogP contribution in [0.2, 0.25) is 0 Å². The Bertz CT molecular complexity index is 1060. The third kappa shape index (κ3) is 3.14. The minimum Gasteiger partial charge on any atom is -0.478 e. The van der Waals surface area contributed by atoms with E-state index in [1.165, 1.54) is 17.1 Å². The summed E-state index contributed by atoms with van der Waals surface area (Å²) in [6.45, 7) is 1.97. The van der Waals surface area contributed by atoms with Gasteiger partial charge in [0, 0.05) is 0 Å². The quantitative estimate of drug-likeness (QED) is 0.503. The number of rotatable bonds is 6. The Morgan fingerprint density at radius 3 is 2.62 bits per heavy atom. The molecule has 1 aromatic heterocycles. The van der Waals surface area contributed by atoms with Crippen LogP contribution in [0, 0.1) is 11.8 Å². The summed E-state index contributed by atoms with van der Waals surface area (Å²) in [6.07, 6.45) is 3.02. The van der Waals surface area contributed by atoms with Crippen molar-refractivity contribution < 1.29 is 9.90 Å². The molecule has 0 spiro atoms. The van der Waals surface area contributed by atoms with E-state index in [4.69, 9.17) is 0 Å². The number of aromatic carboxylic acids is 1. The number of nitroso groups, excluding NO2 is 1. The molecule has 0 saturated heterocycles. The molecule has 148 valence electrons. The molecule has 9 nitrogen and oxygen atoms in total. The number of hydrogen-bond acceptors (Lipinski definition) is 6. The summed E-state index contributed by atoms with van der Waals surface area (Å²) < 4.78 is 1.65. The Hall–Kier alpha value is -3.62. The predicted molar refractivity (Wildman–Crippen MR) is 106 cm³/mol. The van der Waals surface area contributed by atoms with Crippen molar-refractivity contribution >= 4 is 11.7 Å². The zero-order valence-electron chi connectivity index (χ0n) is 15.9. The van der Waals surface area contributed by atoms with Gasteiger partial charge in [0.25, 0.3) is 0 Å². The average Bonchev–Trinajstić information content (AvgIpc) is 3.39. The highest BCUT2D eigenvalue weighted by atomic mass is 16.4. The van der Waals surface area contributed by atoms with Gasteiger partial charge in [-0.3, -0.25) is 0 Å². The molecular weight excluding hydrogens is 372 g/mol. The highest BCUT2D eigenvalue weighted by Crippen LogP contribution is 2.46. The van der Waals surface area contributed by atoms with Gasteiger partial charge in [-0.1, -0.05) is 37.1 Å². The second kappa shape index (κ2) is 7.42. The van der Waals surface area contributed by atoms with Crippen LogP contribution < -0.4 is 5.01 Å². The summed E-state index contributed by atoms with van der Waals surface area (Å²) in [5, 5.41) is 26.3. The SMILES string of the molecule is Cc1ccccc1-n1nnnc1C1(N(N=O)c2cccc(C(=O)O)c2)CCCC1. The Kier molecular flexibility index (Phi) is 4.79. The van der Waals surface area contributed by atoms with E-state index < -0.39 is 11.5 Å². The Balaban J connectivity index is 1.87. The number of aryl methyl sites for hydroxylation is 1. The summed E-state index contributed by atoms with van der Waals surface area (Å²) in [6, 6.07) is 13.9. The number of tetrazole rings is 1. The molecule has 0 unspecified atom stereocenters. The second-order valence-corrected chi connectivity index (χ2v) is 7.19. The van der Waals surface area contributed by atoms with Crippen LogP contribution in [0.5, 0.6) is 0 Å². The number of benzene rings is 2. The molecule has 2 aromatic carbocycles. The van der Waals surface area contributed by atoms with Gasteiger partial charge < -0.3 is 5.11 Å². The van der Waals surface area contributed by atoms with E-state index in [1.807, 2.05) is 31.2 Å². The van der Waals surface area contributed by atoms with Crippen LogP contribution in [-0.2, 0) is 5.54 Å². The maximum atomic E-state index is 12.0. The van der Waals surface area contributed by atoms with E-state index in [-0.39, 0.29) is 5.56 Å². The van der Waals surface area contributed by atoms with Crippen LogP contribution in [0.15, 0.2) is 53.8 Å². The van der Waals surface area contributed by atoms with Gasteiger partial charge in [-0.25, -0.2) is 9.80 Å². The van der Waals surface area contributed by atoms with Crippen LogP contribution in [0.4, 0.5) is 5.69 Å². The summed E-state index contributed by atoms with van der Waals surface area (Å²) >= 11 is 0. The number of anilines is 1. The molecule has 1 aliphatic carbocycles. The molecule has 1 saturated carbocycles. The van der Waals surface area contributed by atoms with Gasteiger partial charge in [0.1, 0.15) is 5.54 Å². The maximum absolute atomic E-state index is 12.0. The van der Waals surface area contributed by atoms with E-state index in [9.17, 15) is 14.8 Å². The monoisotopic (exact) mass is 392 g/mol. The van der Waals surface area contributed by atoms with Crippen molar-refractivity contribution in [3.8, 4) is 5.69 Å². The van der Waals surface area contributed by atoms with Crippen molar-refractivity contribution in [1.82, 2.24) is 20.2 Å². The van der Waals surface area contributed by atoms with Crippen molar-refractivity contribution in [2.45, 2.75) is 38.1 Å². The fourth-order valence-electron chi connectivity index (χ4n) is 4.07. The normalized spacial score (nSPS) is 15.2. The molecule has 1 aliphatic rings. The van der Waals surface area contributed by atoms with E-state index >= 15 is 0 Å². The summed E-state index contributed by atoms with van der Waals surface area (Å²) in [7, 11) is 0. The number of nitrogens with zero attached hydrogens (tertiary/aromatic N) is 6. The maximum Gasteiger partial charge on any atom is 0.335 e. The van der Waals surface area contributed by atoms with E-state index in [0.29, 0.717) is 24.4 Å². The number of para-hydroxylation sites is 1. The molecule has 1 heterocycles.